The number of aliphatic hydroxyl groups is 1. The first-order valence-electron chi connectivity index (χ1n) is 9.41. The van der Waals surface area contributed by atoms with Gasteiger partial charge in [-0.3, -0.25) is 9.97 Å². The zero-order valence-corrected chi connectivity index (χ0v) is 17.7. The van der Waals surface area contributed by atoms with Crippen LogP contribution in [0.1, 0.15) is 11.1 Å². The van der Waals surface area contributed by atoms with Crippen molar-refractivity contribution in [3.05, 3.63) is 100 Å². The van der Waals surface area contributed by atoms with Gasteiger partial charge < -0.3 is 9.84 Å². The zero-order valence-electron chi connectivity index (χ0n) is 16.2. The van der Waals surface area contributed by atoms with Gasteiger partial charge in [-0.1, -0.05) is 23.2 Å². The van der Waals surface area contributed by atoms with Crippen molar-refractivity contribution >= 4 is 23.2 Å². The number of benzene rings is 2. The maximum Gasteiger partial charge on any atom is 0.132 e. The molecule has 3 heterocycles. The Balaban J connectivity index is 0.000000149. The average Bonchev–Trinajstić information content (AvgIpc) is 2.79. The molecule has 1 aliphatic heterocycles. The second-order valence-corrected chi connectivity index (χ2v) is 7.65. The van der Waals surface area contributed by atoms with Gasteiger partial charge >= 0.3 is 0 Å². The lowest BCUT2D eigenvalue weighted by Gasteiger charge is -2.20. The molecule has 0 saturated carbocycles. The molecule has 0 atom stereocenters. The second-order valence-electron chi connectivity index (χ2n) is 6.78. The van der Waals surface area contributed by atoms with Crippen LogP contribution in [0.25, 0.3) is 22.3 Å². The van der Waals surface area contributed by atoms with E-state index in [1.165, 1.54) is 17.8 Å². The third kappa shape index (κ3) is 4.69. The minimum atomic E-state index is -0.409. The molecular weight excluding hydrogens is 438 g/mol. The number of rotatable bonds is 2. The fraction of sp³-hybridized carbons (Fsp3) is 0.0833. The number of pyridine rings is 2. The van der Waals surface area contributed by atoms with Gasteiger partial charge in [-0.15, -0.1) is 0 Å². The molecule has 4 aromatic rings. The minimum Gasteiger partial charge on any atom is -0.488 e. The summed E-state index contributed by atoms with van der Waals surface area (Å²) in [7, 11) is 0. The molecule has 0 saturated heterocycles. The minimum absolute atomic E-state index is 0.175. The highest BCUT2D eigenvalue weighted by Gasteiger charge is 2.16. The second kappa shape index (κ2) is 9.43. The van der Waals surface area contributed by atoms with Gasteiger partial charge in [0.15, 0.2) is 0 Å². The Hall–Kier alpha value is -2.99. The van der Waals surface area contributed by atoms with E-state index >= 15 is 0 Å². The predicted octanol–water partition coefficient (Wildman–Crippen LogP) is 6.33. The number of ether oxygens (including phenoxy) is 1. The number of aliphatic hydroxyl groups excluding tert-OH is 1. The summed E-state index contributed by atoms with van der Waals surface area (Å²) < 4.78 is 19.3. The van der Waals surface area contributed by atoms with Crippen LogP contribution in [0.3, 0.4) is 0 Å². The highest BCUT2D eigenvalue weighted by molar-refractivity contribution is 6.31. The summed E-state index contributed by atoms with van der Waals surface area (Å²) in [5.74, 6) is 0.439. The number of aromatic nitrogens is 2. The van der Waals surface area contributed by atoms with Crippen LogP contribution in [-0.2, 0) is 13.2 Å². The van der Waals surface area contributed by atoms with E-state index in [1.807, 2.05) is 30.5 Å². The molecule has 156 valence electrons. The van der Waals surface area contributed by atoms with E-state index in [4.69, 9.17) is 33.0 Å². The number of fused-ring (bicyclic) bond motifs is 3. The van der Waals surface area contributed by atoms with E-state index in [0.717, 1.165) is 16.9 Å². The van der Waals surface area contributed by atoms with E-state index in [1.54, 1.807) is 30.6 Å². The smallest absolute Gasteiger partial charge is 0.132 e. The van der Waals surface area contributed by atoms with Crippen LogP contribution in [0.5, 0.6) is 5.75 Å². The number of halogens is 3. The summed E-state index contributed by atoms with van der Waals surface area (Å²) in [6.07, 6.45) is 6.71. The van der Waals surface area contributed by atoms with Crippen LogP contribution >= 0.6 is 23.2 Å². The summed E-state index contributed by atoms with van der Waals surface area (Å²) in [4.78, 5) is 7.96. The van der Waals surface area contributed by atoms with E-state index in [0.29, 0.717) is 33.3 Å². The molecule has 0 spiro atoms. The van der Waals surface area contributed by atoms with Crippen LogP contribution in [0.15, 0.2) is 73.3 Å². The fourth-order valence-electron chi connectivity index (χ4n) is 3.32. The average molecular weight is 455 g/mol. The normalized spacial score (nSPS) is 11.5. The Kier molecular flexibility index (Phi) is 6.47. The van der Waals surface area contributed by atoms with Gasteiger partial charge in [0.2, 0.25) is 0 Å². The van der Waals surface area contributed by atoms with E-state index in [9.17, 15) is 4.39 Å². The Labute approximate surface area is 188 Å². The molecular formula is C24H17Cl2FN2O2. The predicted molar refractivity (Wildman–Crippen MR) is 120 cm³/mol. The molecule has 1 aliphatic rings. The third-order valence-corrected chi connectivity index (χ3v) is 5.29. The molecule has 1 N–H and O–H groups in total. The molecule has 0 radical (unpaired) electrons. The first kappa shape index (κ1) is 21.2. The molecule has 0 amide bonds. The highest BCUT2D eigenvalue weighted by atomic mass is 35.5. The van der Waals surface area contributed by atoms with Crippen LogP contribution in [0, 0.1) is 5.82 Å². The largest absolute Gasteiger partial charge is 0.488 e. The van der Waals surface area contributed by atoms with Gasteiger partial charge in [-0.05, 0) is 59.7 Å². The lowest BCUT2D eigenvalue weighted by Crippen LogP contribution is -2.05. The first-order chi connectivity index (χ1) is 15.1. The maximum atomic E-state index is 13.7. The first-order valence-corrected chi connectivity index (χ1v) is 10.2. The zero-order chi connectivity index (χ0) is 21.8. The summed E-state index contributed by atoms with van der Waals surface area (Å²) in [5, 5.41) is 10.2. The van der Waals surface area contributed by atoms with Gasteiger partial charge in [-0.25, -0.2) is 4.39 Å². The van der Waals surface area contributed by atoms with E-state index in [-0.39, 0.29) is 6.61 Å². The molecule has 2 aromatic carbocycles. The third-order valence-electron chi connectivity index (χ3n) is 4.82. The molecule has 0 aliphatic carbocycles. The van der Waals surface area contributed by atoms with Crippen LogP contribution in [0.4, 0.5) is 4.39 Å². The molecule has 0 bridgehead atoms. The van der Waals surface area contributed by atoms with Crippen LogP contribution in [-0.4, -0.2) is 15.1 Å². The molecule has 0 unspecified atom stereocenters. The van der Waals surface area contributed by atoms with Crippen molar-refractivity contribution in [2.24, 2.45) is 0 Å². The summed E-state index contributed by atoms with van der Waals surface area (Å²) in [6, 6.07) is 13.8. The molecule has 5 rings (SSSR count). The quantitative estimate of drug-likeness (QED) is 0.384. The maximum absolute atomic E-state index is 13.7. The van der Waals surface area contributed by atoms with Crippen LogP contribution < -0.4 is 4.74 Å². The Morgan fingerprint density at radius 3 is 2.26 bits per heavy atom. The van der Waals surface area contributed by atoms with Gasteiger partial charge in [0.05, 0.1) is 6.61 Å². The van der Waals surface area contributed by atoms with E-state index < -0.39 is 5.82 Å². The Morgan fingerprint density at radius 2 is 1.52 bits per heavy atom. The van der Waals surface area contributed by atoms with Gasteiger partial charge in [0.1, 0.15) is 18.2 Å². The summed E-state index contributed by atoms with van der Waals surface area (Å²) >= 11 is 11.6. The fourth-order valence-corrected chi connectivity index (χ4v) is 3.64. The highest BCUT2D eigenvalue weighted by Crippen LogP contribution is 2.38. The molecule has 0 fully saturated rings. The van der Waals surface area contributed by atoms with Crippen molar-refractivity contribution in [3.63, 3.8) is 0 Å². The summed E-state index contributed by atoms with van der Waals surface area (Å²) in [6.45, 7) is 0.391. The van der Waals surface area contributed by atoms with Crippen molar-refractivity contribution in [2.75, 3.05) is 0 Å². The molecule has 2 aromatic heterocycles. The molecule has 31 heavy (non-hydrogen) atoms. The van der Waals surface area contributed by atoms with Crippen molar-refractivity contribution in [3.8, 4) is 28.0 Å². The van der Waals surface area contributed by atoms with Crippen molar-refractivity contribution in [1.82, 2.24) is 9.97 Å². The van der Waals surface area contributed by atoms with E-state index in [2.05, 4.69) is 9.97 Å². The van der Waals surface area contributed by atoms with Crippen LogP contribution in [0.2, 0.25) is 10.0 Å². The SMILES string of the molecule is Clc1ccc2c(c1)OCc1cnccc1-2.OCc1cnccc1-c1ccc(Cl)cc1F. The van der Waals surface area contributed by atoms with Gasteiger partial charge in [0, 0.05) is 57.1 Å². The lowest BCUT2D eigenvalue weighted by molar-refractivity contribution is 0.282. The number of hydrogen-bond acceptors (Lipinski definition) is 4. The van der Waals surface area contributed by atoms with Crippen molar-refractivity contribution < 1.29 is 14.2 Å². The number of nitrogens with zero attached hydrogens (tertiary/aromatic N) is 2. The molecule has 4 nitrogen and oxygen atoms in total. The summed E-state index contributed by atoms with van der Waals surface area (Å²) in [5.41, 5.74) is 5.02. The number of hydrogen-bond donors (Lipinski definition) is 1. The topological polar surface area (TPSA) is 55.2 Å². The Bertz CT molecular complexity index is 1230. The molecule has 7 heteroatoms. The monoisotopic (exact) mass is 454 g/mol. The van der Waals surface area contributed by atoms with Gasteiger partial charge in [0.25, 0.3) is 0 Å². The lowest BCUT2D eigenvalue weighted by atomic mass is 9.99. The standard InChI is InChI=1S/C12H9ClFNO.C12H8ClNO/c13-9-1-2-11(12(14)5-9)10-3-4-15-6-8(10)7-16;13-9-1-2-11-10-3-4-14-6-8(10)7-15-12(11)5-9/h1-6,16H,7H2;1-6H,7H2. The van der Waals surface area contributed by atoms with Gasteiger partial charge in [-0.2, -0.15) is 0 Å². The van der Waals surface area contributed by atoms with Crippen molar-refractivity contribution in [2.45, 2.75) is 13.2 Å². The van der Waals surface area contributed by atoms with Crippen molar-refractivity contribution in [1.29, 1.82) is 0 Å². The Morgan fingerprint density at radius 1 is 0.839 bits per heavy atom.